The van der Waals surface area contributed by atoms with E-state index < -0.39 is 23.2 Å². The second kappa shape index (κ2) is 10.2. The standard InChI is InChI=1S/C15H10Br.C15H9S.2ClH.Zr/c16-14-8-4-7-12-9-10-13(15(12)14)11-5-2-1-3-6-11;1-3-10-9-11(4-1)16-15-6-2-5-13-12(10)7-8-14(13)15;;;/h1-9,13H;1-6,8-9,12H;2*1H;/q;;;;+2/p-2. The Morgan fingerprint density at radius 1 is 0.686 bits per heavy atom. The third-order valence-corrected chi connectivity index (χ3v) is 12.2. The summed E-state index contributed by atoms with van der Waals surface area (Å²) >= 11 is 4.76. The maximum Gasteiger partial charge on any atom is -1.00 e. The van der Waals surface area contributed by atoms with Gasteiger partial charge in [-0.25, -0.2) is 0 Å². The Labute approximate surface area is 242 Å². The van der Waals surface area contributed by atoms with E-state index in [-0.39, 0.29) is 24.8 Å². The molecule has 0 nitrogen and oxygen atoms in total. The van der Waals surface area contributed by atoms with E-state index in [2.05, 4.69) is 119 Å². The van der Waals surface area contributed by atoms with Crippen LogP contribution in [0.25, 0.3) is 12.2 Å². The SMILES string of the molecule is Brc1cccc2c1C(c1ccccc1)[C]([Zr+2][C]1=Cc3c4cccc3C1c1cccc(c1)S4)=C2.[Cl-].[Cl-]. The molecule has 4 aromatic rings. The summed E-state index contributed by atoms with van der Waals surface area (Å²) in [5.74, 6) is 0.774. The van der Waals surface area contributed by atoms with Crippen molar-refractivity contribution in [1.82, 2.24) is 0 Å². The van der Waals surface area contributed by atoms with E-state index in [9.17, 15) is 0 Å². The van der Waals surface area contributed by atoms with Gasteiger partial charge in [0.15, 0.2) is 0 Å². The molecule has 0 saturated heterocycles. The molecule has 2 unspecified atom stereocenters. The number of allylic oxidation sites excluding steroid dienone is 2. The number of hydrogen-bond donors (Lipinski definition) is 0. The Balaban J connectivity index is 0.00000127. The smallest absolute Gasteiger partial charge is 1.00 e. The van der Waals surface area contributed by atoms with E-state index in [1.165, 1.54) is 47.6 Å². The van der Waals surface area contributed by atoms with Crippen LogP contribution in [0.1, 0.15) is 45.2 Å². The van der Waals surface area contributed by atoms with Gasteiger partial charge in [-0.2, -0.15) is 0 Å². The van der Waals surface area contributed by atoms with Crippen LogP contribution in [0.4, 0.5) is 0 Å². The number of fused-ring (bicyclic) bond motifs is 4. The monoisotopic (exact) mass is 650 g/mol. The molecule has 0 amide bonds. The van der Waals surface area contributed by atoms with Gasteiger partial charge in [0.25, 0.3) is 0 Å². The zero-order chi connectivity index (χ0) is 21.9. The van der Waals surface area contributed by atoms with Crippen molar-refractivity contribution in [2.24, 2.45) is 0 Å². The summed E-state index contributed by atoms with van der Waals surface area (Å²) < 4.78 is 4.56. The van der Waals surface area contributed by atoms with Crippen LogP contribution in [0.5, 0.6) is 0 Å². The van der Waals surface area contributed by atoms with Crippen molar-refractivity contribution < 1.29 is 48.0 Å². The van der Waals surface area contributed by atoms with E-state index in [1.807, 2.05) is 11.8 Å². The Morgan fingerprint density at radius 2 is 1.43 bits per heavy atom. The summed E-state index contributed by atoms with van der Waals surface area (Å²) in [6, 6.07) is 33.8. The number of rotatable bonds is 3. The quantitative estimate of drug-likeness (QED) is 0.328. The van der Waals surface area contributed by atoms with Gasteiger partial charge in [-0.1, -0.05) is 0 Å². The predicted molar refractivity (Wildman–Crippen MR) is 137 cm³/mol. The second-order valence-electron chi connectivity index (χ2n) is 8.78. The van der Waals surface area contributed by atoms with Crippen LogP contribution in [0.2, 0.25) is 0 Å². The minimum absolute atomic E-state index is 0. The van der Waals surface area contributed by atoms with Crippen molar-refractivity contribution in [1.29, 1.82) is 0 Å². The minimum Gasteiger partial charge on any atom is -1.00 e. The van der Waals surface area contributed by atoms with Gasteiger partial charge in [-0.05, 0) is 0 Å². The fourth-order valence-electron chi connectivity index (χ4n) is 5.47. The van der Waals surface area contributed by atoms with Crippen molar-refractivity contribution in [3.05, 3.63) is 135 Å². The van der Waals surface area contributed by atoms with Gasteiger partial charge in [0.1, 0.15) is 0 Å². The van der Waals surface area contributed by atoms with E-state index in [1.54, 1.807) is 6.56 Å². The fourth-order valence-corrected chi connectivity index (χ4v) is 11.3. The van der Waals surface area contributed by atoms with Crippen LogP contribution >= 0.6 is 27.7 Å². The van der Waals surface area contributed by atoms with Crippen LogP contribution in [-0.2, 0) is 23.2 Å². The first-order valence-corrected chi connectivity index (χ1v) is 15.3. The Morgan fingerprint density at radius 3 is 2.29 bits per heavy atom. The van der Waals surface area contributed by atoms with Gasteiger partial charge < -0.3 is 24.8 Å². The summed E-state index contributed by atoms with van der Waals surface area (Å²) in [7, 11) is 0. The summed E-state index contributed by atoms with van der Waals surface area (Å²) in [5.41, 5.74) is 8.64. The molecule has 2 atom stereocenters. The molecular formula is C30H19BrCl2SZr. The van der Waals surface area contributed by atoms with E-state index >= 15 is 0 Å². The van der Waals surface area contributed by atoms with Crippen molar-refractivity contribution in [3.63, 3.8) is 0 Å². The summed E-state index contributed by atoms with van der Waals surface area (Å²) in [5, 5.41) is 0. The van der Waals surface area contributed by atoms with E-state index in [0.717, 1.165) is 0 Å². The molecule has 2 aliphatic carbocycles. The molecule has 0 fully saturated rings. The first-order valence-electron chi connectivity index (χ1n) is 11.2. The first-order chi connectivity index (χ1) is 16.3. The largest absolute Gasteiger partial charge is 1.00 e. The first kappa shape index (κ1) is 25.3. The molecule has 35 heavy (non-hydrogen) atoms. The molecule has 0 radical (unpaired) electrons. The normalized spacial score (nSPS) is 18.1. The average Bonchev–Trinajstić information content (AvgIpc) is 3.40. The molecule has 4 aromatic carbocycles. The van der Waals surface area contributed by atoms with Crippen molar-refractivity contribution in [2.45, 2.75) is 21.6 Å². The molecular weight excluding hydrogens is 634 g/mol. The predicted octanol–water partition coefficient (Wildman–Crippen LogP) is 2.68. The van der Waals surface area contributed by atoms with Crippen LogP contribution in [0.15, 0.2) is 112 Å². The fraction of sp³-hybridized carbons (Fsp3) is 0.0667. The van der Waals surface area contributed by atoms with Crippen LogP contribution in [0, 0.1) is 0 Å². The van der Waals surface area contributed by atoms with Gasteiger partial charge in [0.2, 0.25) is 0 Å². The van der Waals surface area contributed by atoms with Crippen LogP contribution < -0.4 is 24.8 Å². The number of halogens is 3. The Kier molecular flexibility index (Phi) is 7.37. The third kappa shape index (κ3) is 4.28. The van der Waals surface area contributed by atoms with E-state index in [0.29, 0.717) is 11.8 Å². The molecule has 1 aliphatic heterocycles. The molecule has 170 valence electrons. The summed E-state index contributed by atoms with van der Waals surface area (Å²) in [6.45, 7) is 0. The van der Waals surface area contributed by atoms with Crippen molar-refractivity contribution in [2.75, 3.05) is 0 Å². The number of hydrogen-bond acceptors (Lipinski definition) is 1. The molecule has 0 N–H and O–H groups in total. The maximum absolute atomic E-state index is 3.88. The zero-order valence-corrected chi connectivity index (χ0v) is 24.9. The zero-order valence-electron chi connectivity index (χ0n) is 18.5. The van der Waals surface area contributed by atoms with Crippen molar-refractivity contribution >= 4 is 39.8 Å². The van der Waals surface area contributed by atoms with Gasteiger partial charge >= 0.3 is 220 Å². The molecule has 5 heteroatoms. The van der Waals surface area contributed by atoms with Crippen molar-refractivity contribution in [3.8, 4) is 0 Å². The Bertz CT molecular complexity index is 1500. The maximum atomic E-state index is 3.88. The minimum atomic E-state index is -1.03. The molecule has 3 aliphatic rings. The van der Waals surface area contributed by atoms with Gasteiger partial charge in [-0.3, -0.25) is 0 Å². The molecule has 0 saturated carbocycles. The third-order valence-electron chi connectivity index (χ3n) is 6.86. The molecule has 0 spiro atoms. The number of benzene rings is 4. The summed E-state index contributed by atoms with van der Waals surface area (Å²) in [6.07, 6.45) is 5.07. The molecule has 6 bridgehead atoms. The van der Waals surface area contributed by atoms with E-state index in [4.69, 9.17) is 0 Å². The van der Waals surface area contributed by atoms with Gasteiger partial charge in [-0.15, -0.1) is 0 Å². The molecule has 1 heterocycles. The molecule has 0 aromatic heterocycles. The van der Waals surface area contributed by atoms with Crippen LogP contribution in [-0.4, -0.2) is 0 Å². The second-order valence-corrected chi connectivity index (χ2v) is 14.2. The summed E-state index contributed by atoms with van der Waals surface area (Å²) in [4.78, 5) is 2.75. The van der Waals surface area contributed by atoms with Crippen LogP contribution in [0.3, 0.4) is 0 Å². The topological polar surface area (TPSA) is 0 Å². The molecule has 7 rings (SSSR count). The Hall–Kier alpha value is -1.35. The van der Waals surface area contributed by atoms with Gasteiger partial charge in [0, 0.05) is 0 Å². The average molecular weight is 654 g/mol. The van der Waals surface area contributed by atoms with Gasteiger partial charge in [0.05, 0.1) is 0 Å².